The van der Waals surface area contributed by atoms with Gasteiger partial charge in [0.15, 0.2) is 5.65 Å². The van der Waals surface area contributed by atoms with Crippen LogP contribution in [0.3, 0.4) is 0 Å². The fraction of sp³-hybridized carbons (Fsp3) is 0.344. The number of benzene rings is 1. The first-order valence-corrected chi connectivity index (χ1v) is 14.5. The highest BCUT2D eigenvalue weighted by molar-refractivity contribution is 6.12. The van der Waals surface area contributed by atoms with E-state index in [-0.39, 0.29) is 29.2 Å². The molecule has 220 valence electrons. The standard InChI is InChI=1S/C32H33FN8O2/c1-15(2)25-27(17(4)9-10-34-25)41-30-19(11-21(33)26(37-30)24-16(3)7-8-22-20(24)12-36-38-22)28-29(32(41)43)39(6)31(42)23-13-35-18(5)14-40(23)28/h7-12,15,18,23,35H,13-14H2,1-6H3,(H,36,38)/t18-,23-/m1/s1. The number of nitrogens with zero attached hydrogens (tertiary/aromatic N) is 6. The van der Waals surface area contributed by atoms with Gasteiger partial charge in [0.25, 0.3) is 11.5 Å². The molecule has 2 aliphatic heterocycles. The zero-order chi connectivity index (χ0) is 30.3. The molecule has 5 aromatic rings. The summed E-state index contributed by atoms with van der Waals surface area (Å²) in [6.07, 6.45) is 3.39. The number of halogens is 1. The van der Waals surface area contributed by atoms with Crippen LogP contribution in [0.25, 0.3) is 38.9 Å². The molecule has 0 radical (unpaired) electrons. The number of amides is 1. The van der Waals surface area contributed by atoms with Crippen molar-refractivity contribution in [2.75, 3.05) is 29.9 Å². The Bertz CT molecular complexity index is 2030. The van der Waals surface area contributed by atoms with Crippen LogP contribution in [-0.4, -0.2) is 62.9 Å². The van der Waals surface area contributed by atoms with E-state index in [4.69, 9.17) is 4.98 Å². The number of likely N-dealkylation sites (N-methyl/N-ethyl adjacent to an activating group) is 1. The summed E-state index contributed by atoms with van der Waals surface area (Å²) in [5.41, 5.74) is 5.09. The molecule has 2 atom stereocenters. The summed E-state index contributed by atoms with van der Waals surface area (Å²) in [6.45, 7) is 10.8. The molecule has 1 fully saturated rings. The van der Waals surface area contributed by atoms with Crippen molar-refractivity contribution in [3.05, 3.63) is 69.7 Å². The van der Waals surface area contributed by atoms with Gasteiger partial charge in [-0.2, -0.15) is 5.10 Å². The molecule has 10 nitrogen and oxygen atoms in total. The van der Waals surface area contributed by atoms with E-state index in [1.807, 2.05) is 57.7 Å². The molecule has 0 aliphatic carbocycles. The number of nitrogens with one attached hydrogen (secondary N) is 2. The van der Waals surface area contributed by atoms with Crippen molar-refractivity contribution in [3.63, 3.8) is 0 Å². The van der Waals surface area contributed by atoms with Gasteiger partial charge in [0, 0.05) is 48.7 Å². The zero-order valence-corrected chi connectivity index (χ0v) is 25.0. The quantitative estimate of drug-likeness (QED) is 0.326. The van der Waals surface area contributed by atoms with Gasteiger partial charge in [-0.1, -0.05) is 19.9 Å². The lowest BCUT2D eigenvalue weighted by Crippen LogP contribution is -2.64. The van der Waals surface area contributed by atoms with E-state index in [0.29, 0.717) is 46.8 Å². The Morgan fingerprint density at radius 2 is 1.84 bits per heavy atom. The average molecular weight is 581 g/mol. The summed E-state index contributed by atoms with van der Waals surface area (Å²) in [4.78, 5) is 41.5. The first kappa shape index (κ1) is 27.2. The summed E-state index contributed by atoms with van der Waals surface area (Å²) in [5.74, 6) is -0.732. The maximum absolute atomic E-state index is 16.5. The van der Waals surface area contributed by atoms with E-state index in [0.717, 1.165) is 22.0 Å². The predicted molar refractivity (Wildman–Crippen MR) is 166 cm³/mol. The SMILES string of the molecule is Cc1ccnc(C(C)C)c1-n1c(=O)c2c(c3cc(F)c(-c4c(C)ccc5[nH]ncc45)nc31)N1C[C@@H](C)NC[C@@H]1C(=O)N2C. The molecule has 6 heterocycles. The minimum absolute atomic E-state index is 0.0208. The molecule has 11 heteroatoms. The molecular formula is C32H33FN8O2. The molecule has 43 heavy (non-hydrogen) atoms. The van der Waals surface area contributed by atoms with E-state index < -0.39 is 17.4 Å². The number of aromatic amines is 1. The molecule has 1 amide bonds. The summed E-state index contributed by atoms with van der Waals surface area (Å²) in [5, 5.41) is 11.7. The van der Waals surface area contributed by atoms with Gasteiger partial charge in [-0.15, -0.1) is 0 Å². The molecule has 7 rings (SSSR count). The number of rotatable bonds is 3. The van der Waals surface area contributed by atoms with Gasteiger partial charge in [-0.25, -0.2) is 9.37 Å². The Morgan fingerprint density at radius 1 is 1.05 bits per heavy atom. The van der Waals surface area contributed by atoms with Crippen LogP contribution in [0.5, 0.6) is 0 Å². The Balaban J connectivity index is 1.67. The lowest BCUT2D eigenvalue weighted by atomic mass is 9.97. The number of H-pyrrole nitrogens is 1. The minimum atomic E-state index is -0.525. The summed E-state index contributed by atoms with van der Waals surface area (Å²) in [6, 6.07) is 6.66. The van der Waals surface area contributed by atoms with E-state index in [1.165, 1.54) is 15.5 Å². The van der Waals surface area contributed by atoms with Gasteiger partial charge in [-0.05, 0) is 56.0 Å². The molecule has 2 aliphatic rings. The zero-order valence-electron chi connectivity index (χ0n) is 25.0. The maximum atomic E-state index is 16.5. The van der Waals surface area contributed by atoms with Crippen LogP contribution < -0.4 is 20.7 Å². The van der Waals surface area contributed by atoms with Crippen LogP contribution >= 0.6 is 0 Å². The third-order valence-corrected chi connectivity index (χ3v) is 8.79. The van der Waals surface area contributed by atoms with E-state index in [2.05, 4.69) is 20.5 Å². The highest BCUT2D eigenvalue weighted by Gasteiger charge is 2.43. The normalized spacial score (nSPS) is 18.6. The molecule has 2 N–H and O–H groups in total. The number of hydrogen-bond acceptors (Lipinski definition) is 7. The second kappa shape index (κ2) is 9.70. The first-order valence-electron chi connectivity index (χ1n) is 14.5. The molecular weight excluding hydrogens is 547 g/mol. The summed E-state index contributed by atoms with van der Waals surface area (Å²) >= 11 is 0. The van der Waals surface area contributed by atoms with Gasteiger partial charge < -0.3 is 15.1 Å². The number of carbonyl (C=O) groups is 1. The highest BCUT2D eigenvalue weighted by atomic mass is 19.1. The Kier molecular flexibility index (Phi) is 6.14. The van der Waals surface area contributed by atoms with Crippen molar-refractivity contribution < 1.29 is 9.18 Å². The lowest BCUT2D eigenvalue weighted by molar-refractivity contribution is -0.120. The van der Waals surface area contributed by atoms with Gasteiger partial charge in [0.2, 0.25) is 0 Å². The fourth-order valence-electron chi connectivity index (χ4n) is 6.67. The largest absolute Gasteiger partial charge is 0.354 e. The maximum Gasteiger partial charge on any atom is 0.283 e. The van der Waals surface area contributed by atoms with Crippen molar-refractivity contribution in [3.8, 4) is 16.9 Å². The van der Waals surface area contributed by atoms with Crippen LogP contribution in [0.1, 0.15) is 43.5 Å². The third kappa shape index (κ3) is 3.91. The van der Waals surface area contributed by atoms with Crippen molar-refractivity contribution >= 4 is 39.2 Å². The molecule has 1 aromatic carbocycles. The molecule has 0 saturated carbocycles. The third-order valence-electron chi connectivity index (χ3n) is 8.79. The summed E-state index contributed by atoms with van der Waals surface area (Å²) < 4.78 is 18.0. The van der Waals surface area contributed by atoms with Crippen molar-refractivity contribution in [2.24, 2.45) is 0 Å². The number of hydrogen-bond donors (Lipinski definition) is 2. The summed E-state index contributed by atoms with van der Waals surface area (Å²) in [7, 11) is 1.62. The smallest absolute Gasteiger partial charge is 0.283 e. The van der Waals surface area contributed by atoms with Gasteiger partial charge in [-0.3, -0.25) is 24.2 Å². The molecule has 1 saturated heterocycles. The first-order chi connectivity index (χ1) is 20.6. The van der Waals surface area contributed by atoms with E-state index >= 15 is 4.39 Å². The number of pyridine rings is 3. The second-order valence-electron chi connectivity index (χ2n) is 12.0. The number of aromatic nitrogens is 5. The van der Waals surface area contributed by atoms with Gasteiger partial charge >= 0.3 is 0 Å². The van der Waals surface area contributed by atoms with E-state index in [9.17, 15) is 9.59 Å². The number of piperazine rings is 1. The lowest BCUT2D eigenvalue weighted by Gasteiger charge is -2.46. The number of anilines is 2. The van der Waals surface area contributed by atoms with Crippen molar-refractivity contribution in [2.45, 2.75) is 52.6 Å². The fourth-order valence-corrected chi connectivity index (χ4v) is 6.67. The van der Waals surface area contributed by atoms with Crippen LogP contribution in [-0.2, 0) is 4.79 Å². The number of carbonyl (C=O) groups excluding carboxylic acids is 1. The van der Waals surface area contributed by atoms with Crippen molar-refractivity contribution in [1.82, 2.24) is 30.0 Å². The Morgan fingerprint density at radius 3 is 2.60 bits per heavy atom. The number of fused-ring (bicyclic) bond motifs is 6. The van der Waals surface area contributed by atoms with Crippen LogP contribution in [0.4, 0.5) is 15.8 Å². The van der Waals surface area contributed by atoms with E-state index in [1.54, 1.807) is 19.4 Å². The van der Waals surface area contributed by atoms with Crippen LogP contribution in [0.15, 0.2) is 41.5 Å². The van der Waals surface area contributed by atoms with Gasteiger partial charge in [0.1, 0.15) is 23.2 Å². The molecule has 0 bridgehead atoms. The van der Waals surface area contributed by atoms with Crippen molar-refractivity contribution in [1.29, 1.82) is 0 Å². The number of aryl methyl sites for hydroxylation is 2. The Hall–Kier alpha value is -4.64. The monoisotopic (exact) mass is 580 g/mol. The Labute approximate surface area is 247 Å². The van der Waals surface area contributed by atoms with Crippen LogP contribution in [0.2, 0.25) is 0 Å². The second-order valence-corrected chi connectivity index (χ2v) is 12.0. The average Bonchev–Trinajstić information content (AvgIpc) is 3.45. The van der Waals surface area contributed by atoms with Gasteiger partial charge in [0.05, 0.1) is 28.8 Å². The molecule has 0 spiro atoms. The highest BCUT2D eigenvalue weighted by Crippen LogP contribution is 2.43. The molecule has 0 unspecified atom stereocenters. The topological polar surface area (TPSA) is 112 Å². The van der Waals surface area contributed by atoms with Crippen LogP contribution in [0, 0.1) is 19.7 Å². The minimum Gasteiger partial charge on any atom is -0.354 e. The predicted octanol–water partition coefficient (Wildman–Crippen LogP) is 4.35. The molecule has 4 aromatic heterocycles.